The van der Waals surface area contributed by atoms with Crippen molar-refractivity contribution in [3.63, 3.8) is 0 Å². The van der Waals surface area contributed by atoms with Crippen molar-refractivity contribution >= 4 is 28.0 Å². The molecule has 0 bridgehead atoms. The summed E-state index contributed by atoms with van der Waals surface area (Å²) in [5.41, 5.74) is -0.378. The summed E-state index contributed by atoms with van der Waals surface area (Å²) in [7, 11) is 0. The Morgan fingerprint density at radius 2 is 2.07 bits per heavy atom. The van der Waals surface area contributed by atoms with E-state index in [1.54, 1.807) is 0 Å². The van der Waals surface area contributed by atoms with E-state index >= 15 is 0 Å². The lowest BCUT2D eigenvalue weighted by Gasteiger charge is -2.09. The standard InChI is InChI=1S/C10H7BrF2O2/c1-5(15)9-7(10(12)13)2-6(4-14)3-8(9)11/h2-4,10H,1H3. The van der Waals surface area contributed by atoms with Gasteiger partial charge in [0, 0.05) is 21.2 Å². The second-order valence-corrected chi connectivity index (χ2v) is 3.80. The average molecular weight is 277 g/mol. The molecule has 1 aromatic rings. The van der Waals surface area contributed by atoms with Crippen LogP contribution in [-0.2, 0) is 0 Å². The Hall–Kier alpha value is -1.10. The minimum absolute atomic E-state index is 0.0735. The van der Waals surface area contributed by atoms with Gasteiger partial charge in [0.2, 0.25) is 0 Å². The number of rotatable bonds is 3. The van der Waals surface area contributed by atoms with Crippen LogP contribution in [0.1, 0.15) is 39.6 Å². The van der Waals surface area contributed by atoms with Crippen molar-refractivity contribution in [2.24, 2.45) is 0 Å². The van der Waals surface area contributed by atoms with Gasteiger partial charge in [0.05, 0.1) is 0 Å². The molecule has 0 radical (unpaired) electrons. The van der Waals surface area contributed by atoms with Crippen LogP contribution in [-0.4, -0.2) is 12.1 Å². The molecule has 0 aliphatic rings. The predicted molar refractivity (Wildman–Crippen MR) is 54.5 cm³/mol. The fourth-order valence-electron chi connectivity index (χ4n) is 1.26. The SMILES string of the molecule is CC(=O)c1c(Br)cc(C=O)cc1C(F)F. The third kappa shape index (κ3) is 2.47. The lowest BCUT2D eigenvalue weighted by atomic mass is 10.0. The normalized spacial score (nSPS) is 10.5. The van der Waals surface area contributed by atoms with E-state index in [4.69, 9.17) is 0 Å². The molecule has 0 fully saturated rings. The van der Waals surface area contributed by atoms with Gasteiger partial charge in [-0.15, -0.1) is 0 Å². The molecule has 0 amide bonds. The van der Waals surface area contributed by atoms with Crippen molar-refractivity contribution in [1.82, 2.24) is 0 Å². The molecule has 5 heteroatoms. The van der Waals surface area contributed by atoms with Crippen LogP contribution in [0.2, 0.25) is 0 Å². The Bertz CT molecular complexity index is 416. The maximum Gasteiger partial charge on any atom is 0.264 e. The number of hydrogen-bond donors (Lipinski definition) is 0. The van der Waals surface area contributed by atoms with Gasteiger partial charge in [-0.2, -0.15) is 0 Å². The second-order valence-electron chi connectivity index (χ2n) is 2.94. The Morgan fingerprint density at radius 3 is 2.47 bits per heavy atom. The topological polar surface area (TPSA) is 34.1 Å². The molecule has 0 spiro atoms. The molecule has 0 aromatic heterocycles. The number of alkyl halides is 2. The van der Waals surface area contributed by atoms with Crippen LogP contribution in [0, 0.1) is 0 Å². The zero-order valence-corrected chi connectivity index (χ0v) is 9.35. The van der Waals surface area contributed by atoms with Crippen LogP contribution in [0.25, 0.3) is 0 Å². The van der Waals surface area contributed by atoms with Gasteiger partial charge in [-0.1, -0.05) is 15.9 Å². The molecule has 0 saturated carbocycles. The Kier molecular flexibility index (Phi) is 3.68. The first-order valence-electron chi connectivity index (χ1n) is 4.05. The van der Waals surface area contributed by atoms with Crippen molar-refractivity contribution in [2.45, 2.75) is 13.3 Å². The van der Waals surface area contributed by atoms with Crippen molar-refractivity contribution in [3.05, 3.63) is 33.3 Å². The first kappa shape index (κ1) is 12.0. The average Bonchev–Trinajstić information content (AvgIpc) is 2.15. The number of carbonyl (C=O) groups excluding carboxylic acids is 2. The van der Waals surface area contributed by atoms with Gasteiger partial charge < -0.3 is 0 Å². The molecule has 0 aliphatic carbocycles. The van der Waals surface area contributed by atoms with Crippen LogP contribution in [0.3, 0.4) is 0 Å². The Labute approximate surface area is 93.4 Å². The number of benzene rings is 1. The summed E-state index contributed by atoms with van der Waals surface area (Å²) in [4.78, 5) is 21.6. The van der Waals surface area contributed by atoms with Gasteiger partial charge in [-0.3, -0.25) is 9.59 Å². The van der Waals surface area contributed by atoms with E-state index < -0.39 is 17.8 Å². The summed E-state index contributed by atoms with van der Waals surface area (Å²) in [5, 5.41) is 0. The largest absolute Gasteiger partial charge is 0.298 e. The zero-order chi connectivity index (χ0) is 11.6. The van der Waals surface area contributed by atoms with E-state index in [1.807, 2.05) is 0 Å². The summed E-state index contributed by atoms with van der Waals surface area (Å²) < 4.78 is 25.4. The molecule has 0 N–H and O–H groups in total. The number of carbonyl (C=O) groups is 2. The first-order valence-corrected chi connectivity index (χ1v) is 4.84. The van der Waals surface area contributed by atoms with E-state index in [0.29, 0.717) is 6.29 Å². The maximum atomic E-state index is 12.6. The summed E-state index contributed by atoms with van der Waals surface area (Å²) >= 11 is 2.99. The highest BCUT2D eigenvalue weighted by Gasteiger charge is 2.19. The molecule has 0 unspecified atom stereocenters. The van der Waals surface area contributed by atoms with Crippen molar-refractivity contribution < 1.29 is 18.4 Å². The molecular formula is C10H7BrF2O2. The van der Waals surface area contributed by atoms with Gasteiger partial charge in [0.15, 0.2) is 5.78 Å². The number of halogens is 3. The van der Waals surface area contributed by atoms with Crippen LogP contribution in [0.5, 0.6) is 0 Å². The number of Topliss-reactive ketones (excluding diaryl/α,β-unsaturated/α-hetero) is 1. The molecule has 1 rings (SSSR count). The highest BCUT2D eigenvalue weighted by atomic mass is 79.9. The van der Waals surface area contributed by atoms with Gasteiger partial charge in [-0.25, -0.2) is 8.78 Å². The molecular weight excluding hydrogens is 270 g/mol. The van der Waals surface area contributed by atoms with E-state index in [0.717, 1.165) is 6.07 Å². The predicted octanol–water partition coefficient (Wildman–Crippen LogP) is 3.40. The molecule has 0 saturated heterocycles. The third-order valence-electron chi connectivity index (χ3n) is 1.87. The zero-order valence-electron chi connectivity index (χ0n) is 7.76. The highest BCUT2D eigenvalue weighted by Crippen LogP contribution is 2.30. The fraction of sp³-hybridized carbons (Fsp3) is 0.200. The Balaban J connectivity index is 3.49. The van der Waals surface area contributed by atoms with Gasteiger partial charge >= 0.3 is 0 Å². The van der Waals surface area contributed by atoms with E-state index in [-0.39, 0.29) is 15.6 Å². The summed E-state index contributed by atoms with van der Waals surface area (Å²) in [5.74, 6) is -0.463. The van der Waals surface area contributed by atoms with E-state index in [9.17, 15) is 18.4 Å². The quantitative estimate of drug-likeness (QED) is 0.626. The van der Waals surface area contributed by atoms with Crippen molar-refractivity contribution in [3.8, 4) is 0 Å². The van der Waals surface area contributed by atoms with Crippen LogP contribution < -0.4 is 0 Å². The summed E-state index contributed by atoms with van der Waals surface area (Å²) in [6, 6.07) is 2.37. The molecule has 80 valence electrons. The monoisotopic (exact) mass is 276 g/mol. The molecule has 2 nitrogen and oxygen atoms in total. The van der Waals surface area contributed by atoms with Crippen LogP contribution in [0.4, 0.5) is 8.78 Å². The lowest BCUT2D eigenvalue weighted by Crippen LogP contribution is -2.03. The molecule has 0 atom stereocenters. The summed E-state index contributed by atoms with van der Waals surface area (Å²) in [6.07, 6.45) is -2.32. The minimum Gasteiger partial charge on any atom is -0.298 e. The minimum atomic E-state index is -2.78. The fourth-order valence-corrected chi connectivity index (χ4v) is 2.03. The molecule has 0 aliphatic heterocycles. The van der Waals surface area contributed by atoms with Gasteiger partial charge in [-0.05, 0) is 19.1 Å². The third-order valence-corrected chi connectivity index (χ3v) is 2.49. The first-order chi connectivity index (χ1) is 6.97. The molecule has 1 aromatic carbocycles. The lowest BCUT2D eigenvalue weighted by molar-refractivity contribution is 0.0996. The van der Waals surface area contributed by atoms with Gasteiger partial charge in [0.25, 0.3) is 6.43 Å². The van der Waals surface area contributed by atoms with Crippen molar-refractivity contribution in [2.75, 3.05) is 0 Å². The number of ketones is 1. The smallest absolute Gasteiger partial charge is 0.264 e. The van der Waals surface area contributed by atoms with Gasteiger partial charge in [0.1, 0.15) is 6.29 Å². The highest BCUT2D eigenvalue weighted by molar-refractivity contribution is 9.10. The van der Waals surface area contributed by atoms with Crippen LogP contribution in [0.15, 0.2) is 16.6 Å². The van der Waals surface area contributed by atoms with Crippen molar-refractivity contribution in [1.29, 1.82) is 0 Å². The molecule has 15 heavy (non-hydrogen) atoms. The van der Waals surface area contributed by atoms with E-state index in [1.165, 1.54) is 13.0 Å². The van der Waals surface area contributed by atoms with E-state index in [2.05, 4.69) is 15.9 Å². The second kappa shape index (κ2) is 4.61. The maximum absolute atomic E-state index is 12.6. The van der Waals surface area contributed by atoms with Crippen LogP contribution >= 0.6 is 15.9 Å². The summed E-state index contributed by atoms with van der Waals surface area (Å²) in [6.45, 7) is 1.20. The molecule has 0 heterocycles. The Morgan fingerprint density at radius 1 is 1.47 bits per heavy atom. The number of hydrogen-bond acceptors (Lipinski definition) is 2. The number of aldehydes is 1.